The number of nitrogens with one attached hydrogen (secondary N) is 2. The number of hydrogen-bond donors (Lipinski definition) is 3. The predicted octanol–water partition coefficient (Wildman–Crippen LogP) is 3.26. The van der Waals surface area contributed by atoms with Crippen LogP contribution < -0.4 is 10.6 Å². The molecule has 0 aliphatic heterocycles. The van der Waals surface area contributed by atoms with Crippen molar-refractivity contribution in [1.29, 1.82) is 0 Å². The van der Waals surface area contributed by atoms with Crippen LogP contribution in [0.3, 0.4) is 0 Å². The van der Waals surface area contributed by atoms with Gasteiger partial charge in [-0.3, -0.25) is 9.78 Å². The lowest BCUT2D eigenvalue weighted by Gasteiger charge is -2.14. The number of anilines is 1. The molecule has 1 aromatic heterocycles. The van der Waals surface area contributed by atoms with E-state index in [-0.39, 0.29) is 30.3 Å². The highest BCUT2D eigenvalue weighted by molar-refractivity contribution is 6.04. The molecule has 1 aliphatic rings. The summed E-state index contributed by atoms with van der Waals surface area (Å²) < 4.78 is 5.40. The van der Waals surface area contributed by atoms with Gasteiger partial charge in [0, 0.05) is 12.1 Å². The van der Waals surface area contributed by atoms with Crippen molar-refractivity contribution >= 4 is 23.7 Å². The summed E-state index contributed by atoms with van der Waals surface area (Å²) in [6.07, 6.45) is 1.84. The van der Waals surface area contributed by atoms with Gasteiger partial charge in [0.05, 0.1) is 24.0 Å². The minimum absolute atomic E-state index is 0.0461. The van der Waals surface area contributed by atoms with Gasteiger partial charge in [0.25, 0.3) is 5.91 Å². The Morgan fingerprint density at radius 2 is 1.67 bits per heavy atom. The highest BCUT2D eigenvalue weighted by atomic mass is 16.5. The molecule has 8 heteroatoms. The van der Waals surface area contributed by atoms with Crippen LogP contribution in [0.2, 0.25) is 0 Å². The zero-order valence-corrected chi connectivity index (χ0v) is 17.4. The Labute approximate surface area is 189 Å². The molecular formula is C25H19N3O5. The number of aromatic carboxylic acids is 1. The predicted molar refractivity (Wildman–Crippen MR) is 121 cm³/mol. The summed E-state index contributed by atoms with van der Waals surface area (Å²) >= 11 is 0. The van der Waals surface area contributed by atoms with Gasteiger partial charge < -0.3 is 20.5 Å². The average Bonchev–Trinajstić information content (AvgIpc) is 3.14. The molecule has 0 unspecified atom stereocenters. The van der Waals surface area contributed by atoms with Gasteiger partial charge in [-0.1, -0.05) is 54.5 Å². The molecule has 0 bridgehead atoms. The van der Waals surface area contributed by atoms with E-state index in [1.165, 1.54) is 18.5 Å². The topological polar surface area (TPSA) is 118 Å². The number of fused-ring (bicyclic) bond motifs is 3. The Kier molecular flexibility index (Phi) is 6.32. The van der Waals surface area contributed by atoms with Crippen LogP contribution in [0.15, 0.2) is 67.0 Å². The maximum Gasteiger partial charge on any atom is 0.407 e. The van der Waals surface area contributed by atoms with Crippen LogP contribution in [0.5, 0.6) is 0 Å². The van der Waals surface area contributed by atoms with Crippen LogP contribution >= 0.6 is 0 Å². The Balaban J connectivity index is 1.27. The summed E-state index contributed by atoms with van der Waals surface area (Å²) in [4.78, 5) is 38.6. The number of nitrogens with zero attached hydrogens (tertiary/aromatic N) is 1. The molecule has 0 spiro atoms. The molecule has 33 heavy (non-hydrogen) atoms. The van der Waals surface area contributed by atoms with Crippen molar-refractivity contribution < 1.29 is 24.2 Å². The third-order valence-corrected chi connectivity index (χ3v) is 5.11. The van der Waals surface area contributed by atoms with E-state index in [0.29, 0.717) is 0 Å². The number of alkyl carbamates (subject to hydrolysis) is 1. The third-order valence-electron chi connectivity index (χ3n) is 5.11. The average molecular weight is 441 g/mol. The summed E-state index contributed by atoms with van der Waals surface area (Å²) in [5.41, 5.74) is 4.66. The fourth-order valence-corrected chi connectivity index (χ4v) is 3.68. The van der Waals surface area contributed by atoms with Crippen LogP contribution in [0.4, 0.5) is 10.5 Å². The Morgan fingerprint density at radius 1 is 1.00 bits per heavy atom. The number of aromatic nitrogens is 1. The number of pyridine rings is 1. The van der Waals surface area contributed by atoms with E-state index in [1.54, 1.807) is 0 Å². The largest absolute Gasteiger partial charge is 0.478 e. The number of ether oxygens (including phenoxy) is 1. The number of carboxylic acid groups (broad SMARTS) is 1. The molecule has 0 radical (unpaired) electrons. The van der Waals surface area contributed by atoms with Crippen molar-refractivity contribution in [2.24, 2.45) is 0 Å². The first-order valence-electron chi connectivity index (χ1n) is 10.1. The summed E-state index contributed by atoms with van der Waals surface area (Å²) in [5, 5.41) is 13.9. The van der Waals surface area contributed by atoms with Gasteiger partial charge in [-0.25, -0.2) is 9.59 Å². The van der Waals surface area contributed by atoms with Gasteiger partial charge in [-0.2, -0.15) is 0 Å². The number of hydrogen-bond acceptors (Lipinski definition) is 5. The molecule has 1 aliphatic carbocycles. The highest BCUT2D eigenvalue weighted by Crippen LogP contribution is 2.44. The smallest absolute Gasteiger partial charge is 0.407 e. The molecule has 3 N–H and O–H groups in total. The summed E-state index contributed by atoms with van der Waals surface area (Å²) in [6, 6.07) is 17.4. The molecule has 0 atom stereocenters. The maximum absolute atomic E-state index is 12.1. The van der Waals surface area contributed by atoms with Crippen LogP contribution in [-0.4, -0.2) is 41.2 Å². The first-order chi connectivity index (χ1) is 16.0. The van der Waals surface area contributed by atoms with E-state index >= 15 is 0 Å². The Hall–Kier alpha value is -4.64. The molecule has 0 fully saturated rings. The van der Waals surface area contributed by atoms with E-state index in [2.05, 4.69) is 39.6 Å². The van der Waals surface area contributed by atoms with Crippen molar-refractivity contribution in [3.63, 3.8) is 0 Å². The standard InChI is InChI=1S/C25H19N3O5/c29-23(28-17-12-16(24(30)31)13-26-14-17)10-5-11-27-25(32)33-15-22-20-8-3-1-6-18(20)19-7-2-4-9-21(19)22/h1-4,6-9,12-14,22H,11,15H2,(H,27,32)(H,28,29)(H,30,31). The first-order valence-corrected chi connectivity index (χ1v) is 10.1. The highest BCUT2D eigenvalue weighted by Gasteiger charge is 2.28. The number of carbonyl (C=O) groups excluding carboxylic acids is 2. The first kappa shape index (κ1) is 21.6. The van der Waals surface area contributed by atoms with Crippen molar-refractivity contribution in [2.45, 2.75) is 5.92 Å². The van der Waals surface area contributed by atoms with E-state index in [9.17, 15) is 14.4 Å². The van der Waals surface area contributed by atoms with Crippen molar-refractivity contribution in [2.75, 3.05) is 18.5 Å². The van der Waals surface area contributed by atoms with Crippen LogP contribution in [0, 0.1) is 11.8 Å². The lowest BCUT2D eigenvalue weighted by molar-refractivity contribution is -0.111. The Bertz CT molecular complexity index is 1250. The van der Waals surface area contributed by atoms with Gasteiger partial charge in [-0.15, -0.1) is 0 Å². The minimum Gasteiger partial charge on any atom is -0.478 e. The van der Waals surface area contributed by atoms with E-state index in [4.69, 9.17) is 9.84 Å². The fourth-order valence-electron chi connectivity index (χ4n) is 3.68. The summed E-state index contributed by atoms with van der Waals surface area (Å²) in [6.45, 7) is 0.0954. The van der Waals surface area contributed by atoms with E-state index in [1.807, 2.05) is 36.4 Å². The molecule has 164 valence electrons. The van der Waals surface area contributed by atoms with Crippen molar-refractivity contribution in [1.82, 2.24) is 10.3 Å². The second-order valence-corrected chi connectivity index (χ2v) is 7.20. The fraction of sp³-hybridized carbons (Fsp3) is 0.120. The SMILES string of the molecule is O=C(C#CCNC(=O)OCC1c2ccccc2-c2ccccc21)Nc1cncc(C(=O)O)c1. The summed E-state index contributed by atoms with van der Waals surface area (Å²) in [5.74, 6) is 2.97. The quantitative estimate of drug-likeness (QED) is 0.523. The molecule has 1 heterocycles. The second kappa shape index (κ2) is 9.66. The normalized spacial score (nSPS) is 11.4. The maximum atomic E-state index is 12.1. The van der Waals surface area contributed by atoms with Gasteiger partial charge in [0.1, 0.15) is 6.61 Å². The lowest BCUT2D eigenvalue weighted by Crippen LogP contribution is -2.26. The number of benzene rings is 2. The van der Waals surface area contributed by atoms with Gasteiger partial charge in [0.2, 0.25) is 0 Å². The van der Waals surface area contributed by atoms with Gasteiger partial charge in [0.15, 0.2) is 0 Å². The minimum atomic E-state index is -1.16. The van der Waals surface area contributed by atoms with Crippen molar-refractivity contribution in [3.8, 4) is 23.0 Å². The summed E-state index contributed by atoms with van der Waals surface area (Å²) in [7, 11) is 0. The zero-order chi connectivity index (χ0) is 23.2. The zero-order valence-electron chi connectivity index (χ0n) is 17.4. The van der Waals surface area contributed by atoms with Crippen LogP contribution in [0.1, 0.15) is 27.4 Å². The van der Waals surface area contributed by atoms with Gasteiger partial charge in [-0.05, 0) is 34.2 Å². The monoisotopic (exact) mass is 441 g/mol. The third kappa shape index (κ3) is 4.99. The van der Waals surface area contributed by atoms with Crippen LogP contribution in [-0.2, 0) is 9.53 Å². The van der Waals surface area contributed by atoms with E-state index in [0.717, 1.165) is 22.3 Å². The molecule has 2 amide bonds. The second-order valence-electron chi connectivity index (χ2n) is 7.20. The van der Waals surface area contributed by atoms with E-state index < -0.39 is 18.0 Å². The number of rotatable bonds is 5. The molecule has 0 saturated carbocycles. The lowest BCUT2D eigenvalue weighted by atomic mass is 9.98. The number of carboxylic acids is 1. The van der Waals surface area contributed by atoms with Gasteiger partial charge >= 0.3 is 12.1 Å². The molecule has 2 aromatic carbocycles. The van der Waals surface area contributed by atoms with Crippen LogP contribution in [0.25, 0.3) is 11.1 Å². The molecular weight excluding hydrogens is 422 g/mol. The molecule has 4 rings (SSSR count). The van der Waals surface area contributed by atoms with Crippen molar-refractivity contribution in [3.05, 3.63) is 83.7 Å². The number of amides is 2. The number of carbonyl (C=O) groups is 3. The molecule has 3 aromatic rings. The molecule has 8 nitrogen and oxygen atoms in total. The Morgan fingerprint density at radius 3 is 2.33 bits per heavy atom. The molecule has 0 saturated heterocycles.